The van der Waals surface area contributed by atoms with E-state index in [0.29, 0.717) is 13.1 Å². The van der Waals surface area contributed by atoms with E-state index >= 15 is 0 Å². The molecule has 1 aliphatic heterocycles. The van der Waals surface area contributed by atoms with Crippen molar-refractivity contribution >= 4 is 11.7 Å². The van der Waals surface area contributed by atoms with E-state index in [1.807, 2.05) is 0 Å². The third kappa shape index (κ3) is 3.89. The first-order chi connectivity index (χ1) is 9.89. The van der Waals surface area contributed by atoms with E-state index in [1.54, 1.807) is 4.90 Å². The Kier molecular flexibility index (Phi) is 4.75. The van der Waals surface area contributed by atoms with Gasteiger partial charge in [-0.15, -0.1) is 0 Å². The molecule has 0 saturated carbocycles. The summed E-state index contributed by atoms with van der Waals surface area (Å²) in [6, 6.07) is 3.26. The zero-order chi connectivity index (χ0) is 15.5. The lowest BCUT2D eigenvalue weighted by atomic mass is 10.0. The fraction of sp³-hybridized carbons (Fsp3) is 0.533. The number of benzene rings is 1. The van der Waals surface area contributed by atoms with Crippen molar-refractivity contribution < 1.29 is 23.1 Å². The molecule has 0 atom stereocenters. The molecule has 1 saturated heterocycles. The van der Waals surface area contributed by atoms with Crippen LogP contribution in [0.5, 0.6) is 0 Å². The van der Waals surface area contributed by atoms with Crippen LogP contribution in [0.25, 0.3) is 0 Å². The number of hydrogen-bond acceptors (Lipinski definition) is 2. The van der Waals surface area contributed by atoms with Crippen molar-refractivity contribution in [2.24, 2.45) is 0 Å². The smallest absolute Gasteiger partial charge is 0.418 e. The SMILES string of the molecule is O=C(O)c1ccc(N2CCCCCCC2)c(C(F)(F)F)c1. The third-order valence-corrected chi connectivity index (χ3v) is 3.75. The van der Waals surface area contributed by atoms with E-state index in [2.05, 4.69) is 0 Å². The number of aromatic carboxylic acids is 1. The summed E-state index contributed by atoms with van der Waals surface area (Å²) in [7, 11) is 0. The van der Waals surface area contributed by atoms with Crippen molar-refractivity contribution in [2.45, 2.75) is 38.3 Å². The van der Waals surface area contributed by atoms with Crippen LogP contribution in [0.3, 0.4) is 0 Å². The van der Waals surface area contributed by atoms with Gasteiger partial charge in [0.05, 0.1) is 11.1 Å². The van der Waals surface area contributed by atoms with E-state index in [4.69, 9.17) is 5.11 Å². The summed E-state index contributed by atoms with van der Waals surface area (Å²) in [4.78, 5) is 12.6. The number of nitrogens with zero attached hydrogens (tertiary/aromatic N) is 1. The number of alkyl halides is 3. The van der Waals surface area contributed by atoms with Crippen LogP contribution in [0, 0.1) is 0 Å². The summed E-state index contributed by atoms with van der Waals surface area (Å²) in [6.45, 7) is 1.16. The van der Waals surface area contributed by atoms with Crippen LogP contribution in [0.1, 0.15) is 48.0 Å². The van der Waals surface area contributed by atoms with E-state index < -0.39 is 17.7 Å². The van der Waals surface area contributed by atoms with E-state index in [0.717, 1.165) is 38.2 Å². The van der Waals surface area contributed by atoms with Gasteiger partial charge in [0.25, 0.3) is 0 Å². The van der Waals surface area contributed by atoms with Crippen molar-refractivity contribution in [3.63, 3.8) is 0 Å². The maximum atomic E-state index is 13.2. The molecule has 0 radical (unpaired) electrons. The third-order valence-electron chi connectivity index (χ3n) is 3.75. The molecule has 1 fully saturated rings. The van der Waals surface area contributed by atoms with E-state index in [1.165, 1.54) is 12.1 Å². The van der Waals surface area contributed by atoms with Gasteiger partial charge in [-0.05, 0) is 31.0 Å². The molecule has 0 aromatic heterocycles. The zero-order valence-electron chi connectivity index (χ0n) is 11.6. The molecule has 0 amide bonds. The van der Waals surface area contributed by atoms with Gasteiger partial charge >= 0.3 is 12.1 Å². The number of hydrogen-bond donors (Lipinski definition) is 1. The molecular formula is C15H18F3NO2. The van der Waals surface area contributed by atoms with Crippen LogP contribution in [0.15, 0.2) is 18.2 Å². The highest BCUT2D eigenvalue weighted by Gasteiger charge is 2.35. The maximum Gasteiger partial charge on any atom is 0.418 e. The largest absolute Gasteiger partial charge is 0.478 e. The summed E-state index contributed by atoms with van der Waals surface area (Å²) in [6.07, 6.45) is 0.327. The highest BCUT2D eigenvalue weighted by Crippen LogP contribution is 2.37. The second-order valence-electron chi connectivity index (χ2n) is 5.29. The van der Waals surface area contributed by atoms with Crippen LogP contribution in [-0.4, -0.2) is 24.2 Å². The fourth-order valence-electron chi connectivity index (χ4n) is 2.66. The minimum Gasteiger partial charge on any atom is -0.478 e. The molecule has 1 aromatic rings. The summed E-state index contributed by atoms with van der Waals surface area (Å²) in [5.74, 6) is -1.35. The van der Waals surface area contributed by atoms with Gasteiger partial charge in [0.2, 0.25) is 0 Å². The molecule has 2 rings (SSSR count). The normalized spacial score (nSPS) is 17.2. The van der Waals surface area contributed by atoms with Crippen LogP contribution in [0.2, 0.25) is 0 Å². The first-order valence-electron chi connectivity index (χ1n) is 7.09. The number of halogens is 3. The summed E-state index contributed by atoms with van der Waals surface area (Å²) in [5, 5.41) is 8.88. The van der Waals surface area contributed by atoms with Crippen LogP contribution < -0.4 is 4.90 Å². The standard InChI is InChI=1S/C15H18F3NO2/c16-15(17,18)12-10-11(14(20)21)6-7-13(12)19-8-4-2-1-3-5-9-19/h6-7,10H,1-5,8-9H2,(H,20,21). The lowest BCUT2D eigenvalue weighted by Gasteiger charge is -2.29. The second kappa shape index (κ2) is 6.37. The Labute approximate surface area is 121 Å². The average molecular weight is 301 g/mol. The van der Waals surface area contributed by atoms with Gasteiger partial charge in [-0.2, -0.15) is 13.2 Å². The fourth-order valence-corrected chi connectivity index (χ4v) is 2.66. The minimum absolute atomic E-state index is 0.0920. The van der Waals surface area contributed by atoms with E-state index in [-0.39, 0.29) is 11.3 Å². The molecule has 0 aliphatic carbocycles. The summed E-state index contributed by atoms with van der Waals surface area (Å²) < 4.78 is 39.6. The van der Waals surface area contributed by atoms with Gasteiger partial charge in [0.1, 0.15) is 0 Å². The van der Waals surface area contributed by atoms with Gasteiger partial charge in [-0.1, -0.05) is 19.3 Å². The predicted octanol–water partition coefficient (Wildman–Crippen LogP) is 4.17. The van der Waals surface area contributed by atoms with Crippen molar-refractivity contribution in [1.82, 2.24) is 0 Å². The van der Waals surface area contributed by atoms with Gasteiger partial charge in [0, 0.05) is 18.8 Å². The molecular weight excluding hydrogens is 283 g/mol. The summed E-state index contributed by atoms with van der Waals surface area (Å²) in [5.41, 5.74) is -1.10. The first kappa shape index (κ1) is 15.7. The van der Waals surface area contributed by atoms with Gasteiger partial charge in [0.15, 0.2) is 0 Å². The zero-order valence-corrected chi connectivity index (χ0v) is 11.6. The molecule has 6 heteroatoms. The molecule has 116 valence electrons. The molecule has 0 unspecified atom stereocenters. The minimum atomic E-state index is -4.55. The Morgan fingerprint density at radius 2 is 1.62 bits per heavy atom. The summed E-state index contributed by atoms with van der Waals surface area (Å²) >= 11 is 0. The van der Waals surface area contributed by atoms with Crippen LogP contribution in [-0.2, 0) is 6.18 Å². The Balaban J connectivity index is 2.38. The molecule has 21 heavy (non-hydrogen) atoms. The topological polar surface area (TPSA) is 40.5 Å². The second-order valence-corrected chi connectivity index (χ2v) is 5.29. The lowest BCUT2D eigenvalue weighted by molar-refractivity contribution is -0.137. The lowest BCUT2D eigenvalue weighted by Crippen LogP contribution is -2.29. The Bertz CT molecular complexity index is 506. The van der Waals surface area contributed by atoms with Gasteiger partial charge < -0.3 is 10.0 Å². The van der Waals surface area contributed by atoms with E-state index in [9.17, 15) is 18.0 Å². The van der Waals surface area contributed by atoms with Gasteiger partial charge in [-0.25, -0.2) is 4.79 Å². The van der Waals surface area contributed by atoms with Gasteiger partial charge in [-0.3, -0.25) is 0 Å². The quantitative estimate of drug-likeness (QED) is 0.891. The Morgan fingerprint density at radius 3 is 2.14 bits per heavy atom. The van der Waals surface area contributed by atoms with Crippen LogP contribution in [0.4, 0.5) is 18.9 Å². The first-order valence-corrected chi connectivity index (χ1v) is 7.09. The van der Waals surface area contributed by atoms with Crippen molar-refractivity contribution in [2.75, 3.05) is 18.0 Å². The molecule has 1 N–H and O–H groups in total. The monoisotopic (exact) mass is 301 g/mol. The Morgan fingerprint density at radius 1 is 1.05 bits per heavy atom. The van der Waals surface area contributed by atoms with Crippen molar-refractivity contribution in [3.8, 4) is 0 Å². The Hall–Kier alpha value is -1.72. The highest BCUT2D eigenvalue weighted by atomic mass is 19.4. The highest BCUT2D eigenvalue weighted by molar-refractivity contribution is 5.88. The number of carboxylic acid groups (broad SMARTS) is 1. The molecule has 0 bridgehead atoms. The van der Waals surface area contributed by atoms with Crippen molar-refractivity contribution in [3.05, 3.63) is 29.3 Å². The molecule has 1 heterocycles. The molecule has 0 spiro atoms. The van der Waals surface area contributed by atoms with Crippen LogP contribution >= 0.6 is 0 Å². The van der Waals surface area contributed by atoms with Crippen molar-refractivity contribution in [1.29, 1.82) is 0 Å². The number of carboxylic acids is 1. The number of rotatable bonds is 2. The average Bonchev–Trinajstić information content (AvgIpc) is 2.36. The molecule has 1 aromatic carbocycles. The number of carbonyl (C=O) groups is 1. The number of anilines is 1. The molecule has 1 aliphatic rings. The maximum absolute atomic E-state index is 13.2. The molecule has 3 nitrogen and oxygen atoms in total. The predicted molar refractivity (Wildman–Crippen MR) is 73.7 cm³/mol.